The molecule has 30 heavy (non-hydrogen) atoms. The number of rotatable bonds is 5. The fourth-order valence-electron chi connectivity index (χ4n) is 4.23. The van der Waals surface area contributed by atoms with Crippen LogP contribution in [0, 0.1) is 0 Å². The molecule has 160 valence electrons. The molecule has 7 nitrogen and oxygen atoms in total. The van der Waals surface area contributed by atoms with Crippen LogP contribution in [0.2, 0.25) is 10.0 Å². The lowest BCUT2D eigenvalue weighted by Crippen LogP contribution is -2.51. The van der Waals surface area contributed by atoms with Gasteiger partial charge in [0.2, 0.25) is 15.9 Å². The molecule has 2 saturated heterocycles. The first-order chi connectivity index (χ1) is 14.4. The van der Waals surface area contributed by atoms with E-state index < -0.39 is 10.0 Å². The van der Waals surface area contributed by atoms with Crippen molar-refractivity contribution >= 4 is 33.2 Å². The molecule has 2 aromatic rings. The Morgan fingerprint density at radius 1 is 1.07 bits per heavy atom. The predicted octanol–water partition coefficient (Wildman–Crippen LogP) is 3.19. The van der Waals surface area contributed by atoms with E-state index in [4.69, 9.17) is 27.9 Å². The van der Waals surface area contributed by atoms with Crippen LogP contribution in [0.15, 0.2) is 35.5 Å². The lowest BCUT2D eigenvalue weighted by atomic mass is 10.2. The summed E-state index contributed by atoms with van der Waals surface area (Å²) in [5, 5.41) is 0.530. The van der Waals surface area contributed by atoms with Crippen LogP contribution in [0.3, 0.4) is 0 Å². The highest BCUT2D eigenvalue weighted by Gasteiger charge is 2.41. The fraction of sp³-hybridized carbons (Fsp3) is 0.500. The minimum Gasteiger partial charge on any atom is -0.472 e. The molecule has 2 atom stereocenters. The standard InChI is InChI=1S/C20H22Cl2N4O3S/c21-14-3-4-17(22)19(7-14)30(27,28)26-6-5-25-12-16(8-15(25)11-26)29-20-10-23-18(9-24-20)13-1-2-13/h3-4,7,9-10,13,15-16H,1-2,5-6,8,11-12H2/t15-,16+/m0/s1. The van der Waals surface area contributed by atoms with E-state index in [1.54, 1.807) is 18.5 Å². The number of hydrogen-bond donors (Lipinski definition) is 0. The number of benzene rings is 1. The zero-order chi connectivity index (χ0) is 20.9. The summed E-state index contributed by atoms with van der Waals surface area (Å²) in [5.41, 5.74) is 1.03. The normalized spacial score (nSPS) is 25.3. The number of ether oxygens (including phenoxy) is 1. The molecule has 0 N–H and O–H groups in total. The molecule has 3 aliphatic rings. The van der Waals surface area contributed by atoms with E-state index in [0.717, 1.165) is 18.7 Å². The molecule has 0 unspecified atom stereocenters. The molecule has 1 saturated carbocycles. The van der Waals surface area contributed by atoms with Crippen LogP contribution < -0.4 is 4.74 Å². The van der Waals surface area contributed by atoms with Crippen LogP contribution in [-0.2, 0) is 10.0 Å². The van der Waals surface area contributed by atoms with Gasteiger partial charge in [0.15, 0.2) is 0 Å². The van der Waals surface area contributed by atoms with Gasteiger partial charge in [-0.1, -0.05) is 23.2 Å². The van der Waals surface area contributed by atoms with Gasteiger partial charge in [0.1, 0.15) is 11.0 Å². The van der Waals surface area contributed by atoms with E-state index >= 15 is 0 Å². The number of piperazine rings is 1. The van der Waals surface area contributed by atoms with Crippen LogP contribution in [0.4, 0.5) is 0 Å². The van der Waals surface area contributed by atoms with Crippen molar-refractivity contribution in [2.75, 3.05) is 26.2 Å². The Bertz CT molecular complexity index is 1050. The number of sulfonamides is 1. The topological polar surface area (TPSA) is 75.6 Å². The van der Waals surface area contributed by atoms with Crippen molar-refractivity contribution < 1.29 is 13.2 Å². The molecule has 10 heteroatoms. The highest BCUT2D eigenvalue weighted by molar-refractivity contribution is 7.89. The van der Waals surface area contributed by atoms with Crippen molar-refractivity contribution in [1.82, 2.24) is 19.2 Å². The molecule has 0 amide bonds. The predicted molar refractivity (Wildman–Crippen MR) is 114 cm³/mol. The van der Waals surface area contributed by atoms with Crippen molar-refractivity contribution in [3.8, 4) is 5.88 Å². The first-order valence-electron chi connectivity index (χ1n) is 10.1. The maximum absolute atomic E-state index is 13.1. The second-order valence-electron chi connectivity index (χ2n) is 8.12. The minimum absolute atomic E-state index is 0.0338. The molecular weight excluding hydrogens is 447 g/mol. The molecule has 3 fully saturated rings. The third kappa shape index (κ3) is 4.03. The smallest absolute Gasteiger partial charge is 0.244 e. The Morgan fingerprint density at radius 3 is 2.63 bits per heavy atom. The molecule has 3 heterocycles. The summed E-state index contributed by atoms with van der Waals surface area (Å²) in [6.07, 6.45) is 6.58. The van der Waals surface area contributed by atoms with Gasteiger partial charge in [0, 0.05) is 49.6 Å². The molecule has 0 bridgehead atoms. The van der Waals surface area contributed by atoms with Crippen LogP contribution in [0.5, 0.6) is 5.88 Å². The first-order valence-corrected chi connectivity index (χ1v) is 12.3. The molecule has 2 aliphatic heterocycles. The van der Waals surface area contributed by atoms with Crippen LogP contribution in [0.1, 0.15) is 30.9 Å². The summed E-state index contributed by atoms with van der Waals surface area (Å²) in [7, 11) is -3.71. The number of fused-ring (bicyclic) bond motifs is 1. The van der Waals surface area contributed by atoms with Crippen molar-refractivity contribution in [2.45, 2.75) is 42.2 Å². The molecule has 5 rings (SSSR count). The second kappa shape index (κ2) is 7.91. The Kier molecular flexibility index (Phi) is 5.39. The molecule has 1 aliphatic carbocycles. The van der Waals surface area contributed by atoms with Gasteiger partial charge in [-0.25, -0.2) is 13.4 Å². The van der Waals surface area contributed by atoms with E-state index in [9.17, 15) is 8.42 Å². The van der Waals surface area contributed by atoms with E-state index in [1.165, 1.54) is 29.3 Å². The molecule has 1 aromatic heterocycles. The maximum Gasteiger partial charge on any atom is 0.244 e. The molecule has 0 radical (unpaired) electrons. The van der Waals surface area contributed by atoms with Crippen LogP contribution in [-0.4, -0.2) is 65.9 Å². The van der Waals surface area contributed by atoms with Crippen molar-refractivity contribution in [1.29, 1.82) is 0 Å². The van der Waals surface area contributed by atoms with Gasteiger partial charge in [-0.15, -0.1) is 0 Å². The first kappa shape index (κ1) is 20.5. The third-order valence-corrected chi connectivity index (χ3v) is 8.56. The molecule has 1 aromatic carbocycles. The van der Waals surface area contributed by atoms with E-state index in [1.807, 2.05) is 0 Å². The summed E-state index contributed by atoms with van der Waals surface area (Å²) in [5.74, 6) is 1.09. The summed E-state index contributed by atoms with van der Waals surface area (Å²) < 4.78 is 33.8. The quantitative estimate of drug-likeness (QED) is 0.670. The minimum atomic E-state index is -3.71. The zero-order valence-corrected chi connectivity index (χ0v) is 18.6. The van der Waals surface area contributed by atoms with Crippen LogP contribution in [0.25, 0.3) is 0 Å². The lowest BCUT2D eigenvalue weighted by molar-refractivity contribution is 0.151. The molecule has 0 spiro atoms. The Labute approximate surface area is 186 Å². The summed E-state index contributed by atoms with van der Waals surface area (Å²) in [6, 6.07) is 4.60. The van der Waals surface area contributed by atoms with Crippen molar-refractivity contribution in [3.05, 3.63) is 46.3 Å². The zero-order valence-electron chi connectivity index (χ0n) is 16.2. The van der Waals surface area contributed by atoms with Gasteiger partial charge < -0.3 is 4.74 Å². The Hall–Kier alpha value is -1.45. The van der Waals surface area contributed by atoms with E-state index in [-0.39, 0.29) is 22.1 Å². The van der Waals surface area contributed by atoms with E-state index in [0.29, 0.717) is 36.5 Å². The second-order valence-corrected chi connectivity index (χ2v) is 10.9. The number of aromatic nitrogens is 2. The maximum atomic E-state index is 13.1. The highest BCUT2D eigenvalue weighted by atomic mass is 35.5. The van der Waals surface area contributed by atoms with Gasteiger partial charge in [0.25, 0.3) is 0 Å². The summed E-state index contributed by atoms with van der Waals surface area (Å²) in [6.45, 7) is 2.21. The summed E-state index contributed by atoms with van der Waals surface area (Å²) >= 11 is 12.2. The largest absolute Gasteiger partial charge is 0.472 e. The fourth-order valence-corrected chi connectivity index (χ4v) is 6.44. The van der Waals surface area contributed by atoms with Gasteiger partial charge in [-0.3, -0.25) is 9.88 Å². The highest BCUT2D eigenvalue weighted by Crippen LogP contribution is 2.38. The monoisotopic (exact) mass is 468 g/mol. The van der Waals surface area contributed by atoms with Gasteiger partial charge in [-0.2, -0.15) is 4.31 Å². The number of hydrogen-bond acceptors (Lipinski definition) is 6. The van der Waals surface area contributed by atoms with Gasteiger partial charge in [-0.05, 0) is 31.0 Å². The van der Waals surface area contributed by atoms with Crippen molar-refractivity contribution in [2.24, 2.45) is 0 Å². The number of halogens is 2. The summed E-state index contributed by atoms with van der Waals surface area (Å²) in [4.78, 5) is 11.2. The van der Waals surface area contributed by atoms with E-state index in [2.05, 4.69) is 14.9 Å². The molecular formula is C20H22Cl2N4O3S. The van der Waals surface area contributed by atoms with Crippen LogP contribution >= 0.6 is 23.2 Å². The lowest BCUT2D eigenvalue weighted by Gasteiger charge is -2.36. The SMILES string of the molecule is O=S(=O)(c1cc(Cl)ccc1Cl)N1CCN2C[C@H](Oc3cnc(C4CC4)cn3)C[C@H]2C1. The van der Waals surface area contributed by atoms with Crippen molar-refractivity contribution in [3.63, 3.8) is 0 Å². The Balaban J connectivity index is 1.25. The van der Waals surface area contributed by atoms with Gasteiger partial charge >= 0.3 is 0 Å². The Morgan fingerprint density at radius 2 is 1.90 bits per heavy atom. The van der Waals surface area contributed by atoms with Gasteiger partial charge in [0.05, 0.1) is 23.1 Å². The third-order valence-electron chi connectivity index (χ3n) is 5.98. The number of nitrogens with zero attached hydrogens (tertiary/aromatic N) is 4. The average Bonchev–Trinajstić information content (AvgIpc) is 3.50. The average molecular weight is 469 g/mol.